The first kappa shape index (κ1) is 15.4. The SMILES string of the molecule is O=C(CN1c2cccc3cccc(c23)S1(=O)=O)N1CCCCCC1. The second-order valence-electron chi connectivity index (χ2n) is 6.44. The van der Waals surface area contributed by atoms with Gasteiger partial charge in [0.25, 0.3) is 10.0 Å². The second kappa shape index (κ2) is 5.77. The molecule has 1 saturated heterocycles. The van der Waals surface area contributed by atoms with Crippen LogP contribution in [0, 0.1) is 0 Å². The number of hydrogen-bond donors (Lipinski definition) is 0. The number of likely N-dealkylation sites (tertiary alicyclic amines) is 1. The van der Waals surface area contributed by atoms with E-state index in [0.717, 1.165) is 49.5 Å². The fourth-order valence-electron chi connectivity index (χ4n) is 3.67. The average molecular weight is 344 g/mol. The van der Waals surface area contributed by atoms with E-state index in [1.807, 2.05) is 23.1 Å². The molecule has 0 N–H and O–H groups in total. The Morgan fingerprint density at radius 1 is 0.958 bits per heavy atom. The normalized spacial score (nSPS) is 19.5. The number of carbonyl (C=O) groups is 1. The quantitative estimate of drug-likeness (QED) is 0.842. The molecular formula is C18H20N2O3S. The maximum atomic E-state index is 12.9. The van der Waals surface area contributed by atoms with Crippen molar-refractivity contribution in [2.75, 3.05) is 23.9 Å². The average Bonchev–Trinajstić information content (AvgIpc) is 2.79. The third-order valence-electron chi connectivity index (χ3n) is 4.92. The highest BCUT2D eigenvalue weighted by Gasteiger charge is 2.37. The topological polar surface area (TPSA) is 57.7 Å². The van der Waals surface area contributed by atoms with Crippen molar-refractivity contribution in [3.8, 4) is 0 Å². The Labute approximate surface area is 141 Å². The van der Waals surface area contributed by atoms with Crippen molar-refractivity contribution >= 4 is 32.4 Å². The van der Waals surface area contributed by atoms with Crippen LogP contribution in [0.5, 0.6) is 0 Å². The molecule has 0 aliphatic carbocycles. The van der Waals surface area contributed by atoms with Crippen molar-refractivity contribution in [1.29, 1.82) is 0 Å². The number of sulfonamides is 1. The zero-order chi connectivity index (χ0) is 16.7. The third kappa shape index (κ3) is 2.36. The Morgan fingerprint density at radius 2 is 1.62 bits per heavy atom. The van der Waals surface area contributed by atoms with Crippen molar-refractivity contribution in [1.82, 2.24) is 4.90 Å². The number of benzene rings is 2. The van der Waals surface area contributed by atoms with Gasteiger partial charge in [-0.1, -0.05) is 37.1 Å². The summed E-state index contributed by atoms with van der Waals surface area (Å²) in [4.78, 5) is 14.8. The molecule has 0 spiro atoms. The van der Waals surface area contributed by atoms with Crippen LogP contribution in [-0.2, 0) is 14.8 Å². The molecule has 4 rings (SSSR count). The first-order valence-electron chi connectivity index (χ1n) is 8.41. The van der Waals surface area contributed by atoms with Crippen LogP contribution in [0.4, 0.5) is 5.69 Å². The maximum Gasteiger partial charge on any atom is 0.265 e. The van der Waals surface area contributed by atoms with E-state index in [1.165, 1.54) is 4.31 Å². The van der Waals surface area contributed by atoms with Gasteiger partial charge >= 0.3 is 0 Å². The molecule has 1 fully saturated rings. The van der Waals surface area contributed by atoms with Crippen molar-refractivity contribution in [3.05, 3.63) is 36.4 Å². The highest BCUT2D eigenvalue weighted by atomic mass is 32.2. The van der Waals surface area contributed by atoms with Gasteiger partial charge in [-0.15, -0.1) is 0 Å². The molecule has 2 heterocycles. The van der Waals surface area contributed by atoms with Gasteiger partial charge in [0.1, 0.15) is 6.54 Å². The number of rotatable bonds is 2. The minimum Gasteiger partial charge on any atom is -0.341 e. The summed E-state index contributed by atoms with van der Waals surface area (Å²) in [5.41, 5.74) is 0.617. The van der Waals surface area contributed by atoms with Crippen molar-refractivity contribution < 1.29 is 13.2 Å². The molecule has 0 unspecified atom stereocenters. The van der Waals surface area contributed by atoms with E-state index < -0.39 is 10.0 Å². The molecule has 126 valence electrons. The fourth-order valence-corrected chi connectivity index (χ4v) is 5.33. The molecule has 2 aromatic rings. The third-order valence-corrected chi connectivity index (χ3v) is 6.72. The van der Waals surface area contributed by atoms with E-state index in [2.05, 4.69) is 0 Å². The lowest BCUT2D eigenvalue weighted by atomic mass is 10.1. The van der Waals surface area contributed by atoms with Gasteiger partial charge in [0.05, 0.1) is 10.6 Å². The standard InChI is InChI=1S/C18H20N2O3S/c21-17(19-11-3-1-2-4-12-19)13-20-15-9-5-7-14-8-6-10-16(18(14)15)24(20,22)23/h5-10H,1-4,11-13H2. The van der Waals surface area contributed by atoms with Gasteiger partial charge in [0.2, 0.25) is 5.91 Å². The van der Waals surface area contributed by atoms with E-state index in [0.29, 0.717) is 10.6 Å². The summed E-state index contributed by atoms with van der Waals surface area (Å²) in [5.74, 6) is -0.106. The molecule has 0 saturated carbocycles. The monoisotopic (exact) mass is 344 g/mol. The van der Waals surface area contributed by atoms with Gasteiger partial charge in [-0.3, -0.25) is 9.10 Å². The zero-order valence-corrected chi connectivity index (χ0v) is 14.3. The van der Waals surface area contributed by atoms with Crippen LogP contribution < -0.4 is 4.31 Å². The van der Waals surface area contributed by atoms with Crippen LogP contribution in [0.15, 0.2) is 41.3 Å². The van der Waals surface area contributed by atoms with E-state index in [4.69, 9.17) is 0 Å². The first-order chi connectivity index (χ1) is 11.6. The van der Waals surface area contributed by atoms with Crippen LogP contribution in [0.2, 0.25) is 0 Å². The van der Waals surface area contributed by atoms with Gasteiger partial charge in [0.15, 0.2) is 0 Å². The Bertz CT molecular complexity index is 894. The molecule has 2 aliphatic heterocycles. The molecule has 5 nitrogen and oxygen atoms in total. The molecule has 6 heteroatoms. The highest BCUT2D eigenvalue weighted by molar-refractivity contribution is 7.93. The summed E-state index contributed by atoms with van der Waals surface area (Å²) in [7, 11) is -3.66. The maximum absolute atomic E-state index is 12.9. The molecule has 0 radical (unpaired) electrons. The summed E-state index contributed by atoms with van der Waals surface area (Å²) in [6.45, 7) is 1.34. The minimum atomic E-state index is -3.66. The minimum absolute atomic E-state index is 0.106. The molecule has 0 aromatic heterocycles. The number of amides is 1. The Kier molecular flexibility index (Phi) is 3.72. The Hall–Kier alpha value is -2.08. The van der Waals surface area contributed by atoms with Gasteiger partial charge in [-0.2, -0.15) is 0 Å². The van der Waals surface area contributed by atoms with Gasteiger partial charge in [-0.05, 0) is 30.4 Å². The van der Waals surface area contributed by atoms with Crippen LogP contribution in [0.25, 0.3) is 10.8 Å². The van der Waals surface area contributed by atoms with Crippen LogP contribution in [0.1, 0.15) is 25.7 Å². The summed E-state index contributed by atoms with van der Waals surface area (Å²) in [6.07, 6.45) is 4.26. The zero-order valence-electron chi connectivity index (χ0n) is 13.4. The van der Waals surface area contributed by atoms with E-state index in [1.54, 1.807) is 18.2 Å². The summed E-state index contributed by atoms with van der Waals surface area (Å²) in [6, 6.07) is 10.8. The van der Waals surface area contributed by atoms with Gasteiger partial charge in [-0.25, -0.2) is 8.42 Å². The largest absolute Gasteiger partial charge is 0.341 e. The van der Waals surface area contributed by atoms with Crippen molar-refractivity contribution in [2.45, 2.75) is 30.6 Å². The predicted molar refractivity (Wildman–Crippen MR) is 93.5 cm³/mol. The van der Waals surface area contributed by atoms with Crippen molar-refractivity contribution in [2.24, 2.45) is 0 Å². The van der Waals surface area contributed by atoms with E-state index in [-0.39, 0.29) is 12.5 Å². The summed E-state index contributed by atoms with van der Waals surface area (Å²) < 4.78 is 27.1. The Balaban J connectivity index is 1.69. The number of nitrogens with zero attached hydrogens (tertiary/aromatic N) is 2. The van der Waals surface area contributed by atoms with Crippen LogP contribution in [0.3, 0.4) is 0 Å². The lowest BCUT2D eigenvalue weighted by Gasteiger charge is -2.24. The predicted octanol–water partition coefficient (Wildman–Crippen LogP) is 2.75. The number of hydrogen-bond acceptors (Lipinski definition) is 3. The summed E-state index contributed by atoms with van der Waals surface area (Å²) >= 11 is 0. The second-order valence-corrected chi connectivity index (χ2v) is 8.27. The molecule has 2 aromatic carbocycles. The highest BCUT2D eigenvalue weighted by Crippen LogP contribution is 2.41. The molecule has 0 atom stereocenters. The van der Waals surface area contributed by atoms with Gasteiger partial charge in [0, 0.05) is 18.5 Å². The van der Waals surface area contributed by atoms with Crippen LogP contribution >= 0.6 is 0 Å². The lowest BCUT2D eigenvalue weighted by Crippen LogP contribution is -2.42. The number of carbonyl (C=O) groups excluding carboxylic acids is 1. The lowest BCUT2D eigenvalue weighted by molar-refractivity contribution is -0.129. The number of anilines is 1. The molecule has 0 bridgehead atoms. The van der Waals surface area contributed by atoms with Crippen LogP contribution in [-0.4, -0.2) is 38.9 Å². The molecule has 24 heavy (non-hydrogen) atoms. The van der Waals surface area contributed by atoms with Gasteiger partial charge < -0.3 is 4.90 Å². The van der Waals surface area contributed by atoms with E-state index >= 15 is 0 Å². The fraction of sp³-hybridized carbons (Fsp3) is 0.389. The van der Waals surface area contributed by atoms with E-state index in [9.17, 15) is 13.2 Å². The van der Waals surface area contributed by atoms with Crippen molar-refractivity contribution in [3.63, 3.8) is 0 Å². The molecule has 1 amide bonds. The Morgan fingerprint density at radius 3 is 2.33 bits per heavy atom. The first-order valence-corrected chi connectivity index (χ1v) is 9.85. The molecular weight excluding hydrogens is 324 g/mol. The molecule has 2 aliphatic rings. The summed E-state index contributed by atoms with van der Waals surface area (Å²) in [5, 5.41) is 1.61. The smallest absolute Gasteiger partial charge is 0.265 e.